The Morgan fingerprint density at radius 2 is 1.95 bits per heavy atom. The molecule has 2 aromatic rings. The van der Waals surface area contributed by atoms with Crippen LogP contribution in [0.4, 0.5) is 17.6 Å². The number of hydrogen-bond acceptors (Lipinski definition) is 2. The van der Waals surface area contributed by atoms with Crippen molar-refractivity contribution in [3.8, 4) is 0 Å². The number of alkyl halides is 2. The minimum absolute atomic E-state index is 0.107. The molecule has 2 rings (SSSR count). The van der Waals surface area contributed by atoms with Crippen LogP contribution in [-0.2, 0) is 13.1 Å². The van der Waals surface area contributed by atoms with Crippen LogP contribution in [0.2, 0.25) is 0 Å². The Bertz CT molecular complexity index is 554. The maximum Gasteiger partial charge on any atom is 0.319 e. The van der Waals surface area contributed by atoms with Crippen molar-refractivity contribution in [1.82, 2.24) is 14.9 Å². The molecule has 0 bridgehead atoms. The van der Waals surface area contributed by atoms with Crippen LogP contribution < -0.4 is 5.32 Å². The van der Waals surface area contributed by atoms with E-state index in [0.29, 0.717) is 5.56 Å². The van der Waals surface area contributed by atoms with Crippen molar-refractivity contribution in [2.45, 2.75) is 19.6 Å². The summed E-state index contributed by atoms with van der Waals surface area (Å²) >= 11 is 0. The average molecular weight is 273 g/mol. The summed E-state index contributed by atoms with van der Waals surface area (Å²) < 4.78 is 51.4. The molecule has 7 heteroatoms. The van der Waals surface area contributed by atoms with Crippen LogP contribution in [0, 0.1) is 11.6 Å². The lowest BCUT2D eigenvalue weighted by atomic mass is 10.2. The van der Waals surface area contributed by atoms with E-state index in [1.54, 1.807) is 0 Å². The van der Waals surface area contributed by atoms with Gasteiger partial charge in [0.05, 0.1) is 6.54 Å². The van der Waals surface area contributed by atoms with Crippen molar-refractivity contribution >= 4 is 0 Å². The summed E-state index contributed by atoms with van der Waals surface area (Å²) in [6, 6.07) is 3.50. The summed E-state index contributed by atoms with van der Waals surface area (Å²) in [6.45, 7) is -2.31. The summed E-state index contributed by atoms with van der Waals surface area (Å²) in [5, 5.41) is 2.84. The molecule has 0 atom stereocenters. The second-order valence-electron chi connectivity index (χ2n) is 3.88. The number of aromatic nitrogens is 2. The Morgan fingerprint density at radius 1 is 1.16 bits per heavy atom. The average Bonchev–Trinajstić information content (AvgIpc) is 2.82. The summed E-state index contributed by atoms with van der Waals surface area (Å²) in [4.78, 5) is 3.79. The lowest BCUT2D eigenvalue weighted by molar-refractivity contribution is 0.0666. The van der Waals surface area contributed by atoms with Gasteiger partial charge >= 0.3 is 6.55 Å². The van der Waals surface area contributed by atoms with Gasteiger partial charge in [0.2, 0.25) is 0 Å². The van der Waals surface area contributed by atoms with Crippen LogP contribution in [0.5, 0.6) is 0 Å². The first-order valence-corrected chi connectivity index (χ1v) is 5.52. The van der Waals surface area contributed by atoms with Gasteiger partial charge in [-0.05, 0) is 17.7 Å². The molecule has 0 radical (unpaired) electrons. The number of halogens is 4. The van der Waals surface area contributed by atoms with Crippen molar-refractivity contribution in [1.29, 1.82) is 0 Å². The van der Waals surface area contributed by atoms with Crippen LogP contribution in [0.15, 0.2) is 30.6 Å². The van der Waals surface area contributed by atoms with Gasteiger partial charge in [-0.2, -0.15) is 8.78 Å². The van der Waals surface area contributed by atoms with E-state index >= 15 is 0 Å². The van der Waals surface area contributed by atoms with Gasteiger partial charge in [-0.15, -0.1) is 0 Å². The molecule has 0 amide bonds. The molecule has 0 aliphatic heterocycles. The monoisotopic (exact) mass is 273 g/mol. The third-order valence-electron chi connectivity index (χ3n) is 2.56. The van der Waals surface area contributed by atoms with Crippen molar-refractivity contribution in [3.63, 3.8) is 0 Å². The van der Waals surface area contributed by atoms with Crippen molar-refractivity contribution in [2.24, 2.45) is 0 Å². The van der Waals surface area contributed by atoms with Gasteiger partial charge < -0.3 is 5.32 Å². The molecule has 19 heavy (non-hydrogen) atoms. The van der Waals surface area contributed by atoms with E-state index in [1.807, 2.05) is 0 Å². The third-order valence-corrected chi connectivity index (χ3v) is 2.56. The van der Waals surface area contributed by atoms with E-state index in [4.69, 9.17) is 0 Å². The number of imidazole rings is 1. The first-order chi connectivity index (χ1) is 9.08. The predicted octanol–water partition coefficient (Wildman–Crippen LogP) is 2.85. The SMILES string of the molecule is Fc1ccc(CNCc2nccn2C(F)F)cc1F. The topological polar surface area (TPSA) is 29.9 Å². The molecule has 1 N–H and O–H groups in total. The van der Waals surface area contributed by atoms with Crippen LogP contribution >= 0.6 is 0 Å². The van der Waals surface area contributed by atoms with Gasteiger partial charge in [-0.25, -0.2) is 13.8 Å². The van der Waals surface area contributed by atoms with Crippen LogP contribution in [0.1, 0.15) is 17.9 Å². The lowest BCUT2D eigenvalue weighted by Crippen LogP contribution is -2.17. The number of rotatable bonds is 5. The van der Waals surface area contributed by atoms with Gasteiger partial charge in [0, 0.05) is 18.9 Å². The highest BCUT2D eigenvalue weighted by molar-refractivity contribution is 5.17. The van der Waals surface area contributed by atoms with Gasteiger partial charge in [0.15, 0.2) is 11.6 Å². The lowest BCUT2D eigenvalue weighted by Gasteiger charge is -2.08. The minimum Gasteiger partial charge on any atom is -0.306 e. The van der Waals surface area contributed by atoms with Crippen LogP contribution in [0.25, 0.3) is 0 Å². The standard InChI is InChI=1S/C12H11F4N3/c13-9-2-1-8(5-10(9)14)6-17-7-11-18-3-4-19(11)12(15)16/h1-5,12,17H,6-7H2. The second-order valence-corrected chi connectivity index (χ2v) is 3.88. The summed E-state index contributed by atoms with van der Waals surface area (Å²) in [6.07, 6.45) is 2.46. The molecule has 1 heterocycles. The zero-order chi connectivity index (χ0) is 13.8. The van der Waals surface area contributed by atoms with Gasteiger partial charge in [-0.1, -0.05) is 6.07 Å². The molecule has 0 aliphatic carbocycles. The quantitative estimate of drug-likeness (QED) is 0.849. The molecule has 0 fully saturated rings. The third kappa shape index (κ3) is 3.31. The highest BCUT2D eigenvalue weighted by Crippen LogP contribution is 2.12. The zero-order valence-electron chi connectivity index (χ0n) is 9.78. The Hall–Kier alpha value is -1.89. The van der Waals surface area contributed by atoms with Crippen molar-refractivity contribution in [2.75, 3.05) is 0 Å². The number of nitrogens with one attached hydrogen (secondary N) is 1. The van der Waals surface area contributed by atoms with E-state index in [-0.39, 0.29) is 18.9 Å². The van der Waals surface area contributed by atoms with Crippen LogP contribution in [-0.4, -0.2) is 9.55 Å². The van der Waals surface area contributed by atoms with Gasteiger partial charge in [0.1, 0.15) is 5.82 Å². The molecule has 1 aromatic heterocycles. The smallest absolute Gasteiger partial charge is 0.306 e. The predicted molar refractivity (Wildman–Crippen MR) is 60.4 cm³/mol. The highest BCUT2D eigenvalue weighted by atomic mass is 19.3. The van der Waals surface area contributed by atoms with E-state index in [9.17, 15) is 17.6 Å². The van der Waals surface area contributed by atoms with E-state index in [2.05, 4.69) is 10.3 Å². The number of hydrogen-bond donors (Lipinski definition) is 1. The number of nitrogens with zero attached hydrogens (tertiary/aromatic N) is 2. The van der Waals surface area contributed by atoms with Gasteiger partial charge in [-0.3, -0.25) is 4.57 Å². The molecule has 0 unspecified atom stereocenters. The molecular weight excluding hydrogens is 262 g/mol. The molecular formula is C12H11F4N3. The first-order valence-electron chi connectivity index (χ1n) is 5.52. The van der Waals surface area contributed by atoms with E-state index in [1.165, 1.54) is 18.5 Å². The van der Waals surface area contributed by atoms with Crippen LogP contribution in [0.3, 0.4) is 0 Å². The van der Waals surface area contributed by atoms with Crippen molar-refractivity contribution < 1.29 is 17.6 Å². The normalized spacial score (nSPS) is 11.2. The van der Waals surface area contributed by atoms with Crippen molar-refractivity contribution in [3.05, 3.63) is 53.6 Å². The number of benzene rings is 1. The fourth-order valence-corrected chi connectivity index (χ4v) is 1.63. The van der Waals surface area contributed by atoms with E-state index in [0.717, 1.165) is 16.7 Å². The molecule has 1 aromatic carbocycles. The summed E-state index contributed by atoms with van der Waals surface area (Å²) in [7, 11) is 0. The Morgan fingerprint density at radius 3 is 2.63 bits per heavy atom. The molecule has 102 valence electrons. The molecule has 0 aliphatic rings. The second kappa shape index (κ2) is 5.83. The molecule has 3 nitrogen and oxygen atoms in total. The Balaban J connectivity index is 1.92. The Kier molecular flexibility index (Phi) is 4.16. The maximum absolute atomic E-state index is 12.9. The highest BCUT2D eigenvalue weighted by Gasteiger charge is 2.10. The molecule has 0 saturated heterocycles. The first kappa shape index (κ1) is 13.5. The maximum atomic E-state index is 12.9. The summed E-state index contributed by atoms with van der Waals surface area (Å²) in [5.41, 5.74) is 0.522. The van der Waals surface area contributed by atoms with Gasteiger partial charge in [0.25, 0.3) is 0 Å². The fraction of sp³-hybridized carbons (Fsp3) is 0.250. The molecule has 0 spiro atoms. The molecule has 0 saturated carbocycles. The van der Waals surface area contributed by atoms with E-state index < -0.39 is 18.2 Å². The largest absolute Gasteiger partial charge is 0.319 e. The minimum atomic E-state index is -2.65. The zero-order valence-corrected chi connectivity index (χ0v) is 9.78. The fourth-order valence-electron chi connectivity index (χ4n) is 1.63. The summed E-state index contributed by atoms with van der Waals surface area (Å²) in [5.74, 6) is -1.68. The Labute approximate surface area is 106 Å².